The molecule has 116 valence electrons. The second-order valence-electron chi connectivity index (χ2n) is 5.67. The van der Waals surface area contributed by atoms with Crippen molar-refractivity contribution in [2.75, 3.05) is 18.9 Å². The molecule has 2 unspecified atom stereocenters. The molecule has 0 bridgehead atoms. The predicted molar refractivity (Wildman–Crippen MR) is 76.8 cm³/mol. The number of hydrogen-bond acceptors (Lipinski definition) is 4. The molecular weight excluding hydrogens is 295 g/mol. The van der Waals surface area contributed by atoms with E-state index in [1.54, 1.807) is 0 Å². The molecule has 0 amide bonds. The number of rotatable bonds is 2. The van der Waals surface area contributed by atoms with E-state index in [1.165, 1.54) is 23.4 Å². The van der Waals surface area contributed by atoms with E-state index in [4.69, 9.17) is 10.5 Å². The first-order valence-corrected chi connectivity index (χ1v) is 8.54. The summed E-state index contributed by atoms with van der Waals surface area (Å²) in [6, 6.07) is 2.44. The summed E-state index contributed by atoms with van der Waals surface area (Å²) in [6.07, 6.45) is 2.64. The summed E-state index contributed by atoms with van der Waals surface area (Å²) >= 11 is 0. The van der Waals surface area contributed by atoms with Crippen LogP contribution in [0.3, 0.4) is 0 Å². The molecule has 0 radical (unpaired) electrons. The number of sulfonamides is 1. The van der Waals surface area contributed by atoms with Gasteiger partial charge in [-0.2, -0.15) is 4.31 Å². The molecule has 2 fully saturated rings. The van der Waals surface area contributed by atoms with E-state index < -0.39 is 15.8 Å². The summed E-state index contributed by atoms with van der Waals surface area (Å²) in [5.74, 6) is -0.560. The van der Waals surface area contributed by atoms with E-state index in [0.29, 0.717) is 13.2 Å². The first-order chi connectivity index (χ1) is 9.91. The fourth-order valence-corrected chi connectivity index (χ4v) is 5.02. The predicted octanol–water partition coefficient (Wildman–Crippen LogP) is 1.66. The van der Waals surface area contributed by atoms with E-state index in [9.17, 15) is 12.8 Å². The van der Waals surface area contributed by atoms with Crippen molar-refractivity contribution in [2.24, 2.45) is 0 Å². The van der Waals surface area contributed by atoms with E-state index in [2.05, 4.69) is 0 Å². The van der Waals surface area contributed by atoms with Gasteiger partial charge in [0.2, 0.25) is 10.0 Å². The SMILES string of the molecule is Cc1cc(S(=O)(=O)N2CCOC3CCCC32)cc(N)c1F. The molecule has 0 aromatic heterocycles. The number of morpholine rings is 1. The van der Waals surface area contributed by atoms with Crippen LogP contribution in [0.1, 0.15) is 24.8 Å². The standard InChI is InChI=1S/C14H19FN2O3S/c1-9-7-10(8-11(16)14(9)15)21(18,19)17-5-6-20-13-4-2-3-12(13)17/h7-8,12-13H,2-6,16H2,1H3. The van der Waals surface area contributed by atoms with Crippen LogP contribution in [-0.4, -0.2) is 38.0 Å². The largest absolute Gasteiger partial charge is 0.396 e. The Morgan fingerprint density at radius 3 is 2.86 bits per heavy atom. The quantitative estimate of drug-likeness (QED) is 0.843. The normalized spacial score (nSPS) is 26.8. The third kappa shape index (κ3) is 2.43. The zero-order valence-electron chi connectivity index (χ0n) is 11.9. The molecule has 1 saturated carbocycles. The van der Waals surface area contributed by atoms with Crippen molar-refractivity contribution < 1.29 is 17.5 Å². The molecule has 2 atom stereocenters. The molecule has 1 aliphatic heterocycles. The van der Waals surface area contributed by atoms with Crippen molar-refractivity contribution in [2.45, 2.75) is 43.2 Å². The topological polar surface area (TPSA) is 72.6 Å². The van der Waals surface area contributed by atoms with Gasteiger partial charge in [0, 0.05) is 6.54 Å². The Kier molecular flexibility index (Phi) is 3.67. The van der Waals surface area contributed by atoms with Crippen LogP contribution >= 0.6 is 0 Å². The number of anilines is 1. The zero-order chi connectivity index (χ0) is 15.2. The Bertz CT molecular complexity index is 639. The minimum Gasteiger partial charge on any atom is -0.396 e. The molecule has 1 aliphatic carbocycles. The highest BCUT2D eigenvalue weighted by Gasteiger charge is 2.42. The molecule has 0 spiro atoms. The maximum atomic E-state index is 13.6. The lowest BCUT2D eigenvalue weighted by atomic mass is 10.2. The average Bonchev–Trinajstić information content (AvgIpc) is 2.92. The highest BCUT2D eigenvalue weighted by molar-refractivity contribution is 7.89. The Morgan fingerprint density at radius 1 is 1.38 bits per heavy atom. The van der Waals surface area contributed by atoms with Gasteiger partial charge in [0.15, 0.2) is 0 Å². The van der Waals surface area contributed by atoms with E-state index in [-0.39, 0.29) is 28.3 Å². The number of ether oxygens (including phenoxy) is 1. The van der Waals surface area contributed by atoms with Gasteiger partial charge in [-0.25, -0.2) is 12.8 Å². The van der Waals surface area contributed by atoms with Gasteiger partial charge in [-0.1, -0.05) is 0 Å². The molecule has 1 aromatic carbocycles. The highest BCUT2D eigenvalue weighted by Crippen LogP contribution is 2.34. The number of nitrogens with two attached hydrogens (primary N) is 1. The number of halogens is 1. The lowest BCUT2D eigenvalue weighted by molar-refractivity contribution is -0.0241. The van der Waals surface area contributed by atoms with E-state index in [1.807, 2.05) is 0 Å². The van der Waals surface area contributed by atoms with Gasteiger partial charge in [0.05, 0.1) is 29.3 Å². The molecule has 2 N–H and O–H groups in total. The summed E-state index contributed by atoms with van der Waals surface area (Å²) in [4.78, 5) is 0.0615. The molecule has 2 aliphatic rings. The third-order valence-electron chi connectivity index (χ3n) is 4.29. The van der Waals surface area contributed by atoms with Crippen LogP contribution in [0.25, 0.3) is 0 Å². The summed E-state index contributed by atoms with van der Waals surface area (Å²) in [7, 11) is -3.67. The number of fused-ring (bicyclic) bond motifs is 1. The molecule has 1 aromatic rings. The Morgan fingerprint density at radius 2 is 2.14 bits per heavy atom. The Balaban J connectivity index is 2.00. The average molecular weight is 314 g/mol. The molecule has 21 heavy (non-hydrogen) atoms. The van der Waals surface area contributed by atoms with Crippen molar-refractivity contribution in [3.63, 3.8) is 0 Å². The van der Waals surface area contributed by atoms with Crippen LogP contribution in [0.5, 0.6) is 0 Å². The van der Waals surface area contributed by atoms with Crippen LogP contribution in [0, 0.1) is 12.7 Å². The Hall–Kier alpha value is -1.18. The molecular formula is C14H19FN2O3S. The molecule has 1 heterocycles. The van der Waals surface area contributed by atoms with Gasteiger partial charge in [-0.15, -0.1) is 0 Å². The van der Waals surface area contributed by atoms with Crippen LogP contribution < -0.4 is 5.73 Å². The van der Waals surface area contributed by atoms with Crippen LogP contribution in [0.2, 0.25) is 0 Å². The third-order valence-corrected chi connectivity index (χ3v) is 6.20. The Labute approximate surface area is 123 Å². The number of nitrogens with zero attached hydrogens (tertiary/aromatic N) is 1. The van der Waals surface area contributed by atoms with E-state index >= 15 is 0 Å². The van der Waals surface area contributed by atoms with Crippen LogP contribution in [0.15, 0.2) is 17.0 Å². The second kappa shape index (κ2) is 5.23. The summed E-state index contributed by atoms with van der Waals surface area (Å²) in [5, 5.41) is 0. The minimum absolute atomic E-state index is 0.0209. The zero-order valence-corrected chi connectivity index (χ0v) is 12.7. The molecule has 5 nitrogen and oxygen atoms in total. The molecule has 7 heteroatoms. The van der Waals surface area contributed by atoms with Gasteiger partial charge in [-0.3, -0.25) is 0 Å². The van der Waals surface area contributed by atoms with Crippen LogP contribution in [-0.2, 0) is 14.8 Å². The minimum atomic E-state index is -3.67. The van der Waals surface area contributed by atoms with E-state index in [0.717, 1.165) is 19.3 Å². The summed E-state index contributed by atoms with van der Waals surface area (Å²) in [6.45, 7) is 2.25. The van der Waals surface area contributed by atoms with Gasteiger partial charge in [-0.05, 0) is 43.9 Å². The monoisotopic (exact) mass is 314 g/mol. The lowest BCUT2D eigenvalue weighted by Crippen LogP contribution is -2.51. The molecule has 3 rings (SSSR count). The van der Waals surface area contributed by atoms with Gasteiger partial charge >= 0.3 is 0 Å². The fourth-order valence-electron chi connectivity index (χ4n) is 3.24. The van der Waals surface area contributed by atoms with Crippen molar-refractivity contribution in [3.8, 4) is 0 Å². The van der Waals surface area contributed by atoms with Crippen molar-refractivity contribution >= 4 is 15.7 Å². The number of aryl methyl sites for hydroxylation is 1. The summed E-state index contributed by atoms with van der Waals surface area (Å²) < 4.78 is 46.4. The maximum absolute atomic E-state index is 13.6. The van der Waals surface area contributed by atoms with Gasteiger partial charge < -0.3 is 10.5 Å². The lowest BCUT2D eigenvalue weighted by Gasteiger charge is -2.36. The smallest absolute Gasteiger partial charge is 0.243 e. The summed E-state index contributed by atoms with van der Waals surface area (Å²) in [5.41, 5.74) is 5.68. The van der Waals surface area contributed by atoms with Gasteiger partial charge in [0.25, 0.3) is 0 Å². The number of nitrogen functional groups attached to an aromatic ring is 1. The maximum Gasteiger partial charge on any atom is 0.243 e. The number of hydrogen-bond donors (Lipinski definition) is 1. The first kappa shape index (κ1) is 14.7. The van der Waals surface area contributed by atoms with Crippen molar-refractivity contribution in [1.82, 2.24) is 4.31 Å². The first-order valence-electron chi connectivity index (χ1n) is 7.10. The second-order valence-corrected chi connectivity index (χ2v) is 7.56. The van der Waals surface area contributed by atoms with Crippen molar-refractivity contribution in [1.29, 1.82) is 0 Å². The van der Waals surface area contributed by atoms with Gasteiger partial charge in [0.1, 0.15) is 5.82 Å². The molecule has 1 saturated heterocycles. The number of benzene rings is 1. The highest BCUT2D eigenvalue weighted by atomic mass is 32.2. The van der Waals surface area contributed by atoms with Crippen LogP contribution in [0.4, 0.5) is 10.1 Å². The van der Waals surface area contributed by atoms with Crippen molar-refractivity contribution in [3.05, 3.63) is 23.5 Å². The fraction of sp³-hybridized carbons (Fsp3) is 0.571.